The number of Topliss-reactive ketones (excluding diaryl/α,β-unsaturated/α-hetero) is 1. The van der Waals surface area contributed by atoms with Gasteiger partial charge >= 0.3 is 0 Å². The first kappa shape index (κ1) is 12.2. The molecule has 0 aromatic carbocycles. The molecule has 1 rings (SSSR count). The Morgan fingerprint density at radius 3 is 2.73 bits per heavy atom. The van der Waals surface area contributed by atoms with Gasteiger partial charge in [0.2, 0.25) is 5.91 Å². The third-order valence-corrected chi connectivity index (χ3v) is 3.13. The number of nitrogens with zero attached hydrogens (tertiary/aromatic N) is 1. The van der Waals surface area contributed by atoms with E-state index in [4.69, 9.17) is 0 Å². The van der Waals surface area contributed by atoms with E-state index in [1.54, 1.807) is 4.90 Å². The quantitative estimate of drug-likeness (QED) is 0.717. The third kappa shape index (κ3) is 3.05. The van der Waals surface area contributed by atoms with Crippen molar-refractivity contribution in [2.24, 2.45) is 0 Å². The maximum Gasteiger partial charge on any atom is 0.223 e. The first-order valence-electron chi connectivity index (χ1n) is 5.79. The van der Waals surface area contributed by atoms with Crippen LogP contribution in [0.4, 0.5) is 0 Å². The van der Waals surface area contributed by atoms with Gasteiger partial charge in [0, 0.05) is 18.4 Å². The van der Waals surface area contributed by atoms with E-state index in [9.17, 15) is 9.59 Å². The molecule has 0 aromatic rings. The molecule has 0 saturated carbocycles. The van der Waals surface area contributed by atoms with Gasteiger partial charge in [0.05, 0.1) is 6.54 Å². The van der Waals surface area contributed by atoms with E-state index < -0.39 is 0 Å². The van der Waals surface area contributed by atoms with Crippen molar-refractivity contribution >= 4 is 11.7 Å². The Labute approximate surface area is 91.8 Å². The third-order valence-electron chi connectivity index (χ3n) is 3.13. The van der Waals surface area contributed by atoms with Gasteiger partial charge in [-0.1, -0.05) is 13.3 Å². The summed E-state index contributed by atoms with van der Waals surface area (Å²) in [7, 11) is 0. The van der Waals surface area contributed by atoms with Crippen molar-refractivity contribution < 1.29 is 9.59 Å². The number of carbonyl (C=O) groups is 2. The summed E-state index contributed by atoms with van der Waals surface area (Å²) in [4.78, 5) is 25.0. The summed E-state index contributed by atoms with van der Waals surface area (Å²) in [5.74, 6) is 0.328. The average molecular weight is 211 g/mol. The molecule has 1 saturated heterocycles. The zero-order valence-corrected chi connectivity index (χ0v) is 10.0. The SMILES string of the molecule is CCCCC(=O)N1CC(=O)CCC1(C)C. The lowest BCUT2D eigenvalue weighted by Gasteiger charge is -2.41. The van der Waals surface area contributed by atoms with Crippen LogP contribution in [0.5, 0.6) is 0 Å². The zero-order chi connectivity index (χ0) is 11.5. The van der Waals surface area contributed by atoms with Crippen molar-refractivity contribution in [1.82, 2.24) is 4.90 Å². The second kappa shape index (κ2) is 4.77. The van der Waals surface area contributed by atoms with Gasteiger partial charge in [0.25, 0.3) is 0 Å². The van der Waals surface area contributed by atoms with E-state index >= 15 is 0 Å². The molecule has 0 bridgehead atoms. The molecule has 0 radical (unpaired) electrons. The van der Waals surface area contributed by atoms with E-state index in [2.05, 4.69) is 6.92 Å². The number of likely N-dealkylation sites (tertiary alicyclic amines) is 1. The predicted molar refractivity (Wildman–Crippen MR) is 59.6 cm³/mol. The van der Waals surface area contributed by atoms with Crippen LogP contribution >= 0.6 is 0 Å². The minimum absolute atomic E-state index is 0.134. The van der Waals surface area contributed by atoms with Crippen molar-refractivity contribution in [2.45, 2.75) is 58.4 Å². The molecule has 3 heteroatoms. The van der Waals surface area contributed by atoms with Crippen LogP contribution in [0, 0.1) is 0 Å². The van der Waals surface area contributed by atoms with Gasteiger partial charge in [0.1, 0.15) is 0 Å². The minimum atomic E-state index is -0.140. The number of amides is 1. The van der Waals surface area contributed by atoms with E-state index in [-0.39, 0.29) is 17.2 Å². The maximum absolute atomic E-state index is 11.9. The van der Waals surface area contributed by atoms with Gasteiger partial charge in [-0.2, -0.15) is 0 Å². The Morgan fingerprint density at radius 1 is 1.47 bits per heavy atom. The predicted octanol–water partition coefficient (Wildman–Crippen LogP) is 2.15. The topological polar surface area (TPSA) is 37.4 Å². The number of carbonyl (C=O) groups excluding carboxylic acids is 2. The van der Waals surface area contributed by atoms with Crippen LogP contribution in [0.1, 0.15) is 52.9 Å². The molecule has 1 aliphatic rings. The Hall–Kier alpha value is -0.860. The second-order valence-corrected chi connectivity index (χ2v) is 4.93. The van der Waals surface area contributed by atoms with Gasteiger partial charge in [-0.05, 0) is 26.7 Å². The lowest BCUT2D eigenvalue weighted by atomic mass is 9.89. The minimum Gasteiger partial charge on any atom is -0.330 e. The standard InChI is InChI=1S/C12H21NO2/c1-4-5-6-11(15)13-9-10(14)7-8-12(13,2)3/h4-9H2,1-3H3. The smallest absolute Gasteiger partial charge is 0.223 e. The molecule has 1 fully saturated rings. The van der Waals surface area contributed by atoms with Gasteiger partial charge in [-0.3, -0.25) is 9.59 Å². The second-order valence-electron chi connectivity index (χ2n) is 4.93. The van der Waals surface area contributed by atoms with Gasteiger partial charge in [0.15, 0.2) is 5.78 Å². The Kier molecular flexibility index (Phi) is 3.89. The molecule has 3 nitrogen and oxygen atoms in total. The van der Waals surface area contributed by atoms with Crippen molar-refractivity contribution in [1.29, 1.82) is 0 Å². The summed E-state index contributed by atoms with van der Waals surface area (Å²) < 4.78 is 0. The Morgan fingerprint density at radius 2 is 2.13 bits per heavy atom. The molecule has 0 aliphatic carbocycles. The number of hydrogen-bond acceptors (Lipinski definition) is 2. The van der Waals surface area contributed by atoms with Crippen LogP contribution in [0.2, 0.25) is 0 Å². The molecule has 0 N–H and O–H groups in total. The first-order chi connectivity index (χ1) is 6.97. The zero-order valence-electron chi connectivity index (χ0n) is 10.0. The highest BCUT2D eigenvalue weighted by Crippen LogP contribution is 2.26. The van der Waals surface area contributed by atoms with Crippen LogP contribution in [-0.2, 0) is 9.59 Å². The summed E-state index contributed by atoms with van der Waals surface area (Å²) >= 11 is 0. The molecule has 1 heterocycles. The fourth-order valence-electron chi connectivity index (χ4n) is 1.94. The number of unbranched alkanes of at least 4 members (excludes halogenated alkanes) is 1. The Balaban J connectivity index is 2.63. The Bertz CT molecular complexity index is 258. The molecule has 15 heavy (non-hydrogen) atoms. The molecule has 86 valence electrons. The number of hydrogen-bond donors (Lipinski definition) is 0. The highest BCUT2D eigenvalue weighted by molar-refractivity contribution is 5.88. The largest absolute Gasteiger partial charge is 0.330 e. The number of piperidine rings is 1. The van der Waals surface area contributed by atoms with Crippen LogP contribution in [0.3, 0.4) is 0 Å². The maximum atomic E-state index is 11.9. The van der Waals surface area contributed by atoms with E-state index in [0.29, 0.717) is 19.4 Å². The molecule has 0 atom stereocenters. The molecular formula is C12H21NO2. The lowest BCUT2D eigenvalue weighted by Crippen LogP contribution is -2.53. The van der Waals surface area contributed by atoms with Crippen molar-refractivity contribution in [3.63, 3.8) is 0 Å². The molecule has 0 unspecified atom stereocenters. The highest BCUT2D eigenvalue weighted by Gasteiger charge is 2.35. The summed E-state index contributed by atoms with van der Waals surface area (Å²) in [6.07, 6.45) is 3.93. The fourth-order valence-corrected chi connectivity index (χ4v) is 1.94. The van der Waals surface area contributed by atoms with Crippen LogP contribution in [-0.4, -0.2) is 28.7 Å². The summed E-state index contributed by atoms with van der Waals surface area (Å²) in [6, 6.07) is 0. The summed E-state index contributed by atoms with van der Waals surface area (Å²) in [5, 5.41) is 0. The fraction of sp³-hybridized carbons (Fsp3) is 0.833. The van der Waals surface area contributed by atoms with Crippen LogP contribution < -0.4 is 0 Å². The molecule has 0 aromatic heterocycles. The summed E-state index contributed by atoms with van der Waals surface area (Å²) in [6.45, 7) is 6.47. The first-order valence-corrected chi connectivity index (χ1v) is 5.79. The van der Waals surface area contributed by atoms with Crippen LogP contribution in [0.25, 0.3) is 0 Å². The number of rotatable bonds is 3. The highest BCUT2D eigenvalue weighted by atomic mass is 16.2. The lowest BCUT2D eigenvalue weighted by molar-refractivity contribution is -0.144. The molecule has 1 amide bonds. The van der Waals surface area contributed by atoms with E-state index in [0.717, 1.165) is 19.3 Å². The van der Waals surface area contributed by atoms with Gasteiger partial charge in [-0.15, -0.1) is 0 Å². The van der Waals surface area contributed by atoms with Crippen molar-refractivity contribution in [3.05, 3.63) is 0 Å². The van der Waals surface area contributed by atoms with Crippen molar-refractivity contribution in [2.75, 3.05) is 6.54 Å². The van der Waals surface area contributed by atoms with Gasteiger partial charge < -0.3 is 4.90 Å². The van der Waals surface area contributed by atoms with Crippen LogP contribution in [0.15, 0.2) is 0 Å². The molecule has 1 aliphatic heterocycles. The molecule has 0 spiro atoms. The van der Waals surface area contributed by atoms with E-state index in [1.165, 1.54) is 0 Å². The van der Waals surface area contributed by atoms with Crippen molar-refractivity contribution in [3.8, 4) is 0 Å². The average Bonchev–Trinajstić information content (AvgIpc) is 2.18. The number of ketones is 1. The van der Waals surface area contributed by atoms with E-state index in [1.807, 2.05) is 13.8 Å². The normalized spacial score (nSPS) is 20.5. The summed E-state index contributed by atoms with van der Waals surface area (Å²) in [5.41, 5.74) is -0.140. The monoisotopic (exact) mass is 211 g/mol. The van der Waals surface area contributed by atoms with Gasteiger partial charge in [-0.25, -0.2) is 0 Å². The molecular weight excluding hydrogens is 190 g/mol.